The summed E-state index contributed by atoms with van der Waals surface area (Å²) in [7, 11) is 0. The van der Waals surface area contributed by atoms with E-state index in [-0.39, 0.29) is 21.1 Å². The molecule has 2 radical (unpaired) electrons. The van der Waals surface area contributed by atoms with Gasteiger partial charge in [-0.3, -0.25) is 0 Å². The van der Waals surface area contributed by atoms with Crippen LogP contribution in [0.4, 0.5) is 0 Å². The maximum absolute atomic E-state index is 11.1. The number of allylic oxidation sites excluding steroid dienone is 4. The number of carboxylic acids is 2. The predicted octanol–water partition coefficient (Wildman–Crippen LogP) is 18.7. The summed E-state index contributed by atoms with van der Waals surface area (Å²) in [6.07, 6.45) is 65.4. The van der Waals surface area contributed by atoms with E-state index in [1.807, 2.05) is 0 Å². The van der Waals surface area contributed by atoms with E-state index >= 15 is 0 Å². The van der Waals surface area contributed by atoms with Gasteiger partial charge in [-0.2, -0.15) is 0 Å². The Balaban J connectivity index is -0.000000971. The average molecular weight is 1080 g/mol. The molecule has 0 aliphatic rings. The van der Waals surface area contributed by atoms with Crippen LogP contribution in [0, 0.1) is 0 Å². The summed E-state index contributed by atoms with van der Waals surface area (Å²) >= 11 is 0.0736. The molecule has 0 unspecified atom stereocenters. The van der Waals surface area contributed by atoms with E-state index < -0.39 is 23.9 Å². The fourth-order valence-electron chi connectivity index (χ4n) is 7.61. The van der Waals surface area contributed by atoms with E-state index in [0.29, 0.717) is 13.2 Å². The third-order valence-corrected chi connectivity index (χ3v) is 16.0. The summed E-state index contributed by atoms with van der Waals surface area (Å²) in [4.78, 5) is 42.7. The quantitative estimate of drug-likeness (QED) is 0.0203. The van der Waals surface area contributed by atoms with Crippen LogP contribution >= 0.6 is 0 Å². The van der Waals surface area contributed by atoms with E-state index in [9.17, 15) is 19.2 Å². The zero-order valence-corrected chi connectivity index (χ0v) is 48.4. The number of rotatable bonds is 50. The van der Waals surface area contributed by atoms with E-state index in [0.717, 1.165) is 62.8 Å². The molecule has 8 nitrogen and oxygen atoms in total. The van der Waals surface area contributed by atoms with Crippen molar-refractivity contribution in [3.05, 3.63) is 48.6 Å². The van der Waals surface area contributed by atoms with Crippen LogP contribution in [0.5, 0.6) is 0 Å². The zero-order valence-electron chi connectivity index (χ0n) is 45.6. The molecule has 9 heteroatoms. The Hall–Kier alpha value is -2.36. The molecule has 0 aromatic heterocycles. The maximum atomic E-state index is 11.1. The molecule has 0 aliphatic carbocycles. The Morgan fingerprint density at radius 1 is 0.319 bits per heavy atom. The van der Waals surface area contributed by atoms with Gasteiger partial charge in [-0.15, -0.1) is 0 Å². The van der Waals surface area contributed by atoms with Crippen molar-refractivity contribution in [2.45, 2.75) is 293 Å². The Kier molecular flexibility index (Phi) is 67.4. The minimum atomic E-state index is -1.14. The number of carbonyl (C=O) groups excluding carboxylic acids is 2. The number of unbranched alkanes of at least 4 members (excludes halogenated alkanes) is 34. The second kappa shape index (κ2) is 65.6. The number of aliphatic carboxylic acids is 2. The summed E-state index contributed by atoms with van der Waals surface area (Å²) in [5, 5.41) is 16.8. The molecule has 0 aromatic rings. The number of hydrogen-bond donors (Lipinski definition) is 2. The topological polar surface area (TPSA) is 127 Å². The first-order chi connectivity index (χ1) is 33.7. The van der Waals surface area contributed by atoms with Gasteiger partial charge in [0.25, 0.3) is 0 Å². The number of esters is 2. The van der Waals surface area contributed by atoms with Crippen molar-refractivity contribution in [2.75, 3.05) is 13.2 Å². The first kappa shape index (κ1) is 70.9. The molecule has 402 valence electrons. The summed E-state index contributed by atoms with van der Waals surface area (Å²) < 4.78 is 13.1. The molecule has 0 aliphatic heterocycles. The van der Waals surface area contributed by atoms with E-state index in [4.69, 9.17) is 19.7 Å². The second-order valence-corrected chi connectivity index (χ2v) is 23.1. The van der Waals surface area contributed by atoms with Crippen LogP contribution in [-0.4, -0.2) is 68.4 Å². The molecule has 0 heterocycles. The summed E-state index contributed by atoms with van der Waals surface area (Å²) in [5.74, 6) is -3.45. The van der Waals surface area contributed by atoms with Crippen molar-refractivity contribution >= 4 is 45.0 Å². The summed E-state index contributed by atoms with van der Waals surface area (Å²) in [5.41, 5.74) is 0. The minimum absolute atomic E-state index is 0.0736. The molecule has 0 amide bonds. The molecule has 0 fully saturated rings. The Bertz CT molecular complexity index is 1110. The second-order valence-electron chi connectivity index (χ2n) is 18.8. The van der Waals surface area contributed by atoms with Gasteiger partial charge >= 0.3 is 145 Å². The van der Waals surface area contributed by atoms with Gasteiger partial charge < -0.3 is 19.7 Å². The molecular formula is C60H110O8Sn. The fourth-order valence-corrected chi connectivity index (χ4v) is 11.2. The first-order valence-electron chi connectivity index (χ1n) is 28.9. The predicted molar refractivity (Wildman–Crippen MR) is 296 cm³/mol. The number of ether oxygens (including phenoxy) is 2. The van der Waals surface area contributed by atoms with Gasteiger partial charge in [0, 0.05) is 24.3 Å². The molecule has 0 aromatic carbocycles. The molecule has 0 rings (SSSR count). The van der Waals surface area contributed by atoms with Crippen LogP contribution in [-0.2, 0) is 28.7 Å². The third-order valence-electron chi connectivity index (χ3n) is 11.9. The van der Waals surface area contributed by atoms with Crippen molar-refractivity contribution in [3.8, 4) is 0 Å². The average Bonchev–Trinajstić information content (AvgIpc) is 3.34. The van der Waals surface area contributed by atoms with Crippen molar-refractivity contribution in [1.82, 2.24) is 0 Å². The number of carbonyl (C=O) groups is 4. The van der Waals surface area contributed by atoms with Gasteiger partial charge in [0.15, 0.2) is 0 Å². The van der Waals surface area contributed by atoms with Crippen LogP contribution in [0.3, 0.4) is 0 Å². The van der Waals surface area contributed by atoms with E-state index in [2.05, 4.69) is 52.0 Å². The van der Waals surface area contributed by atoms with Crippen molar-refractivity contribution in [1.29, 1.82) is 0 Å². The molecule has 0 bridgehead atoms. The van der Waals surface area contributed by atoms with Crippen LogP contribution in [0.25, 0.3) is 0 Å². The molecule has 69 heavy (non-hydrogen) atoms. The summed E-state index contributed by atoms with van der Waals surface area (Å²) in [6.45, 7) is 9.84. The van der Waals surface area contributed by atoms with Crippen molar-refractivity contribution in [2.24, 2.45) is 0 Å². The normalized spacial score (nSPS) is 11.3. The zero-order chi connectivity index (χ0) is 51.2. The molecule has 0 atom stereocenters. The molecule has 0 spiro atoms. The molecule has 2 N–H and O–H groups in total. The van der Waals surface area contributed by atoms with Crippen LogP contribution < -0.4 is 0 Å². The van der Waals surface area contributed by atoms with Crippen molar-refractivity contribution in [3.63, 3.8) is 0 Å². The number of carboxylic acid groups (broad SMARTS) is 2. The van der Waals surface area contributed by atoms with Crippen molar-refractivity contribution < 1.29 is 38.9 Å². The van der Waals surface area contributed by atoms with E-state index in [1.54, 1.807) is 21.7 Å². The van der Waals surface area contributed by atoms with Gasteiger partial charge in [0.05, 0.1) is 13.2 Å². The molecular weight excluding hydrogens is 967 g/mol. The van der Waals surface area contributed by atoms with Gasteiger partial charge in [-0.1, -0.05) is 154 Å². The van der Waals surface area contributed by atoms with Gasteiger partial charge in [-0.25, -0.2) is 19.2 Å². The van der Waals surface area contributed by atoms with Gasteiger partial charge in [0.1, 0.15) is 0 Å². The SMILES string of the molecule is CCCCCCCC/C=C/CCCCCCCCOC(=O)/C=C/C(=O)O.CCCCCCCC/C=C\CCCCCCCCOC(=O)/C=C\C(=O)O.CCCCCCC[CH2][Sn][CH2]CCCCCCC. The Labute approximate surface area is 436 Å². The third kappa shape index (κ3) is 74.7. The standard InChI is InChI=1S/2C22H38O4.2C8H17.Sn/c2*1-2-3-4-5-6-7-8-9-10-11-12-13-14-15-16-17-20-26-22(25)19-18-21(23)24;2*1-3-5-7-8-6-4-2;/h2*9-10,18-19H,2-8,11-17,20H2,1H3,(H,23,24);2*1,3-8H2,2H3;/b10-9+,19-18+;10-9-,19-18-;;;. The fraction of sp³-hybridized carbons (Fsp3) is 0.800. The van der Waals surface area contributed by atoms with E-state index in [1.165, 1.54) is 205 Å². The Morgan fingerprint density at radius 2 is 0.551 bits per heavy atom. The molecule has 0 saturated carbocycles. The van der Waals surface area contributed by atoms with Gasteiger partial charge in [0.2, 0.25) is 0 Å². The van der Waals surface area contributed by atoms with Crippen LogP contribution in [0.2, 0.25) is 8.87 Å². The Morgan fingerprint density at radius 3 is 0.812 bits per heavy atom. The van der Waals surface area contributed by atoms with Crippen LogP contribution in [0.1, 0.15) is 285 Å². The number of hydrogen-bond acceptors (Lipinski definition) is 6. The molecule has 0 saturated heterocycles. The van der Waals surface area contributed by atoms with Gasteiger partial charge in [-0.05, 0) is 64.2 Å². The summed E-state index contributed by atoms with van der Waals surface area (Å²) in [6, 6.07) is 0. The van der Waals surface area contributed by atoms with Crippen LogP contribution in [0.15, 0.2) is 48.6 Å². The first-order valence-corrected chi connectivity index (χ1v) is 32.9. The monoisotopic (exact) mass is 1080 g/mol.